The van der Waals surface area contributed by atoms with Crippen molar-refractivity contribution in [3.05, 3.63) is 65.5 Å². The van der Waals surface area contributed by atoms with Crippen LogP contribution < -0.4 is 0 Å². The molecule has 2 heterocycles. The molecule has 0 N–H and O–H groups in total. The molecule has 0 amide bonds. The normalized spacial score (nSPS) is 16.8. The number of nitrogens with zero attached hydrogens (tertiary/aromatic N) is 1. The van der Waals surface area contributed by atoms with Gasteiger partial charge in [0.15, 0.2) is 5.78 Å². The predicted octanol–water partition coefficient (Wildman–Crippen LogP) is 2.57. The summed E-state index contributed by atoms with van der Waals surface area (Å²) in [4.78, 5) is 27.7. The molecule has 0 aliphatic carbocycles. The topological polar surface area (TPSA) is 56.3 Å². The number of ether oxygens (including phenoxy) is 1. The van der Waals surface area contributed by atoms with Gasteiger partial charge in [0.05, 0.1) is 12.0 Å². The number of carbonyl (C=O) groups excluding carboxylic acids is 2. The van der Waals surface area contributed by atoms with Gasteiger partial charge in [-0.1, -0.05) is 24.3 Å². The second-order valence-electron chi connectivity index (χ2n) is 4.32. The van der Waals surface area contributed by atoms with Crippen molar-refractivity contribution in [1.29, 1.82) is 0 Å². The summed E-state index contributed by atoms with van der Waals surface area (Å²) < 4.78 is 5.24. The first kappa shape index (κ1) is 11.6. The Morgan fingerprint density at radius 3 is 2.74 bits per heavy atom. The number of Topliss-reactive ketones (excluding diaryl/α,β-unsaturated/α-hetero) is 1. The van der Waals surface area contributed by atoms with Gasteiger partial charge in [-0.3, -0.25) is 9.78 Å². The zero-order chi connectivity index (χ0) is 13.2. The largest absolute Gasteiger partial charge is 0.453 e. The van der Waals surface area contributed by atoms with Crippen LogP contribution in [0.15, 0.2) is 48.7 Å². The van der Waals surface area contributed by atoms with Crippen molar-refractivity contribution >= 4 is 11.8 Å². The molecule has 4 heteroatoms. The van der Waals surface area contributed by atoms with Crippen molar-refractivity contribution in [3.8, 4) is 0 Å². The number of pyridine rings is 1. The molecular formula is C15H11NO3. The van der Waals surface area contributed by atoms with Crippen LogP contribution in [-0.2, 0) is 4.74 Å². The summed E-state index contributed by atoms with van der Waals surface area (Å²) in [6.07, 6.45) is 1.19. The third-order valence-electron chi connectivity index (χ3n) is 3.10. The van der Waals surface area contributed by atoms with E-state index in [1.165, 1.54) is 0 Å². The molecule has 2 aromatic rings. The zero-order valence-corrected chi connectivity index (χ0v) is 10.1. The maximum absolute atomic E-state index is 12.1. The minimum absolute atomic E-state index is 0.125. The molecule has 0 bridgehead atoms. The molecule has 94 valence electrons. The summed E-state index contributed by atoms with van der Waals surface area (Å²) in [5.41, 5.74) is 1.71. The van der Waals surface area contributed by atoms with E-state index in [9.17, 15) is 9.59 Å². The lowest BCUT2D eigenvalue weighted by atomic mass is 10.0. The number of fused-ring (bicyclic) bond motifs is 1. The SMILES string of the molecule is O=C(C[C@@H]1OC(=O)c2ccccc21)c1ccccn1. The van der Waals surface area contributed by atoms with E-state index in [4.69, 9.17) is 4.74 Å². The maximum Gasteiger partial charge on any atom is 0.339 e. The lowest BCUT2D eigenvalue weighted by Gasteiger charge is -2.09. The number of aromatic nitrogens is 1. The lowest BCUT2D eigenvalue weighted by molar-refractivity contribution is 0.0366. The average molecular weight is 253 g/mol. The van der Waals surface area contributed by atoms with Crippen molar-refractivity contribution < 1.29 is 14.3 Å². The fraction of sp³-hybridized carbons (Fsp3) is 0.133. The molecular weight excluding hydrogens is 242 g/mol. The second-order valence-corrected chi connectivity index (χ2v) is 4.32. The van der Waals surface area contributed by atoms with Gasteiger partial charge in [0.2, 0.25) is 0 Å². The van der Waals surface area contributed by atoms with E-state index in [2.05, 4.69) is 4.98 Å². The van der Waals surface area contributed by atoms with Gasteiger partial charge in [-0.2, -0.15) is 0 Å². The molecule has 3 rings (SSSR count). The standard InChI is InChI=1S/C15H11NO3/c17-13(12-7-3-4-8-16-12)9-14-10-5-1-2-6-11(10)15(18)19-14/h1-8,14H,9H2/t14-/m0/s1. The highest BCUT2D eigenvalue weighted by Crippen LogP contribution is 2.33. The van der Waals surface area contributed by atoms with Crippen LogP contribution in [0.25, 0.3) is 0 Å². The fourth-order valence-corrected chi connectivity index (χ4v) is 2.17. The van der Waals surface area contributed by atoms with Crippen molar-refractivity contribution in [2.24, 2.45) is 0 Å². The number of ketones is 1. The fourth-order valence-electron chi connectivity index (χ4n) is 2.17. The van der Waals surface area contributed by atoms with Crippen LogP contribution in [-0.4, -0.2) is 16.7 Å². The number of carbonyl (C=O) groups is 2. The van der Waals surface area contributed by atoms with Crippen LogP contribution in [0.2, 0.25) is 0 Å². The Balaban J connectivity index is 1.83. The van der Waals surface area contributed by atoms with Gasteiger partial charge in [-0.25, -0.2) is 4.79 Å². The molecule has 0 saturated heterocycles. The summed E-state index contributed by atoms with van der Waals surface area (Å²) >= 11 is 0. The van der Waals surface area contributed by atoms with Crippen molar-refractivity contribution in [2.45, 2.75) is 12.5 Å². The molecule has 1 aliphatic heterocycles. The summed E-state index contributed by atoms with van der Waals surface area (Å²) in [6, 6.07) is 12.3. The number of esters is 1. The molecule has 1 aliphatic rings. The van der Waals surface area contributed by atoms with Gasteiger partial charge in [0, 0.05) is 11.8 Å². The van der Waals surface area contributed by atoms with Crippen molar-refractivity contribution in [1.82, 2.24) is 4.98 Å². The Kier molecular flexibility index (Phi) is 2.83. The lowest BCUT2D eigenvalue weighted by Crippen LogP contribution is -2.08. The molecule has 1 atom stereocenters. The highest BCUT2D eigenvalue weighted by molar-refractivity contribution is 5.97. The van der Waals surface area contributed by atoms with Gasteiger partial charge < -0.3 is 4.74 Å². The van der Waals surface area contributed by atoms with Crippen LogP contribution in [0, 0.1) is 0 Å². The van der Waals surface area contributed by atoms with Crippen LogP contribution in [0.3, 0.4) is 0 Å². The number of hydrogen-bond donors (Lipinski definition) is 0. The minimum atomic E-state index is -0.502. The quantitative estimate of drug-likeness (QED) is 0.623. The van der Waals surface area contributed by atoms with Gasteiger partial charge in [-0.05, 0) is 18.2 Å². The Hall–Kier alpha value is -2.49. The molecule has 1 aromatic carbocycles. The predicted molar refractivity (Wildman–Crippen MR) is 67.8 cm³/mol. The molecule has 19 heavy (non-hydrogen) atoms. The minimum Gasteiger partial charge on any atom is -0.453 e. The summed E-state index contributed by atoms with van der Waals surface area (Å²) in [5, 5.41) is 0. The smallest absolute Gasteiger partial charge is 0.339 e. The van der Waals surface area contributed by atoms with Gasteiger partial charge in [-0.15, -0.1) is 0 Å². The first-order valence-electron chi connectivity index (χ1n) is 6.00. The van der Waals surface area contributed by atoms with Crippen molar-refractivity contribution in [2.75, 3.05) is 0 Å². The monoisotopic (exact) mass is 253 g/mol. The highest BCUT2D eigenvalue weighted by atomic mass is 16.5. The van der Waals surface area contributed by atoms with Gasteiger partial charge >= 0.3 is 5.97 Å². The van der Waals surface area contributed by atoms with Crippen LogP contribution in [0.5, 0.6) is 0 Å². The van der Waals surface area contributed by atoms with E-state index in [0.29, 0.717) is 11.3 Å². The molecule has 0 radical (unpaired) electrons. The van der Waals surface area contributed by atoms with Crippen molar-refractivity contribution in [3.63, 3.8) is 0 Å². The van der Waals surface area contributed by atoms with E-state index < -0.39 is 6.10 Å². The first-order valence-corrected chi connectivity index (χ1v) is 6.00. The molecule has 4 nitrogen and oxygen atoms in total. The van der Waals surface area contributed by atoms with Crippen LogP contribution in [0.1, 0.15) is 38.9 Å². The first-order chi connectivity index (χ1) is 9.25. The Morgan fingerprint density at radius 2 is 1.95 bits per heavy atom. The number of benzene rings is 1. The summed E-state index contributed by atoms with van der Waals surface area (Å²) in [6.45, 7) is 0. The summed E-state index contributed by atoms with van der Waals surface area (Å²) in [7, 11) is 0. The third-order valence-corrected chi connectivity index (χ3v) is 3.10. The maximum atomic E-state index is 12.1. The number of rotatable bonds is 3. The Labute approximate surface area is 110 Å². The van der Waals surface area contributed by atoms with E-state index in [0.717, 1.165) is 5.56 Å². The molecule has 0 fully saturated rings. The van der Waals surface area contributed by atoms with Gasteiger partial charge in [0.25, 0.3) is 0 Å². The molecule has 0 unspecified atom stereocenters. The van der Waals surface area contributed by atoms with Gasteiger partial charge in [0.1, 0.15) is 11.8 Å². The van der Waals surface area contributed by atoms with E-state index in [-0.39, 0.29) is 18.2 Å². The Bertz CT molecular complexity index is 637. The number of cyclic esters (lactones) is 1. The van der Waals surface area contributed by atoms with E-state index >= 15 is 0 Å². The number of hydrogen-bond acceptors (Lipinski definition) is 4. The highest BCUT2D eigenvalue weighted by Gasteiger charge is 2.32. The second kappa shape index (κ2) is 4.65. The van der Waals surface area contributed by atoms with E-state index in [1.807, 2.05) is 12.1 Å². The third kappa shape index (κ3) is 2.12. The zero-order valence-electron chi connectivity index (χ0n) is 10.1. The molecule has 0 saturated carbocycles. The molecule has 1 aromatic heterocycles. The molecule has 0 spiro atoms. The van der Waals surface area contributed by atoms with Crippen LogP contribution >= 0.6 is 0 Å². The summed E-state index contributed by atoms with van der Waals surface area (Å²) in [5.74, 6) is -0.496. The Morgan fingerprint density at radius 1 is 1.16 bits per heavy atom. The van der Waals surface area contributed by atoms with Crippen LogP contribution in [0.4, 0.5) is 0 Å². The average Bonchev–Trinajstić information content (AvgIpc) is 2.77. The van der Waals surface area contributed by atoms with E-state index in [1.54, 1.807) is 36.5 Å².